The van der Waals surface area contributed by atoms with Crippen molar-refractivity contribution >= 4 is 22.7 Å². The molecule has 0 aromatic heterocycles. The highest BCUT2D eigenvalue weighted by molar-refractivity contribution is 5.58. The number of rotatable bonds is 7. The summed E-state index contributed by atoms with van der Waals surface area (Å²) in [5, 5.41) is 44.5. The second-order valence-electron chi connectivity index (χ2n) is 5.48. The second-order valence-corrected chi connectivity index (χ2v) is 5.48. The van der Waals surface area contributed by atoms with Crippen LogP contribution < -0.4 is 0 Å². The minimum atomic E-state index is -0.854. The minimum absolute atomic E-state index is 0.0463. The van der Waals surface area contributed by atoms with Gasteiger partial charge in [0.25, 0.3) is 22.7 Å². The first kappa shape index (κ1) is 19.4. The van der Waals surface area contributed by atoms with E-state index in [-0.39, 0.29) is 17.5 Å². The monoisotopic (exact) mass is 376 g/mol. The molecule has 0 aliphatic rings. The van der Waals surface area contributed by atoms with Crippen molar-refractivity contribution < 1.29 is 19.7 Å². The fraction of sp³-hybridized carbons (Fsp3) is 0.200. The molecule has 0 atom stereocenters. The molecule has 0 aliphatic heterocycles. The molecule has 0 radical (unpaired) electrons. The summed E-state index contributed by atoms with van der Waals surface area (Å²) in [6.07, 6.45) is 0.192. The van der Waals surface area contributed by atoms with Crippen molar-refractivity contribution in [1.29, 1.82) is 0 Å². The average molecular weight is 376 g/mol. The van der Waals surface area contributed by atoms with Crippen LogP contribution in [0.5, 0.6) is 0 Å². The molecule has 2 rings (SSSR count). The number of hydrogen-bond acceptors (Lipinski definition) is 8. The Balaban J connectivity index is 2.70. The molecule has 0 heterocycles. The third kappa shape index (κ3) is 3.84. The zero-order valence-electron chi connectivity index (χ0n) is 13.8. The van der Waals surface area contributed by atoms with Gasteiger partial charge in [-0.2, -0.15) is 0 Å². The van der Waals surface area contributed by atoms with Crippen molar-refractivity contribution in [3.63, 3.8) is 0 Å². The minimum Gasteiger partial charge on any atom is -0.258 e. The maximum absolute atomic E-state index is 11.4. The van der Waals surface area contributed by atoms with Gasteiger partial charge in [-0.05, 0) is 18.6 Å². The average Bonchev–Trinajstić information content (AvgIpc) is 2.62. The van der Waals surface area contributed by atoms with E-state index in [1.54, 1.807) is 6.92 Å². The van der Waals surface area contributed by atoms with Gasteiger partial charge in [-0.1, -0.05) is 6.92 Å². The maximum Gasteiger partial charge on any atom is 0.280 e. The van der Waals surface area contributed by atoms with Gasteiger partial charge in [0.2, 0.25) is 0 Å². The molecule has 27 heavy (non-hydrogen) atoms. The number of nitro groups is 4. The smallest absolute Gasteiger partial charge is 0.258 e. The van der Waals surface area contributed by atoms with Gasteiger partial charge < -0.3 is 0 Å². The van der Waals surface area contributed by atoms with Crippen molar-refractivity contribution in [2.45, 2.75) is 19.3 Å². The standard InChI is InChI=1S/C15H12N4O8/c1-2-11(12-5-3-9(16(20)21)7-14(12)18(24)25)13-6-4-10(17(22)23)8-15(13)19(26)27/h3-8,11H,2H2,1H3. The Morgan fingerprint density at radius 3 is 1.33 bits per heavy atom. The topological polar surface area (TPSA) is 173 Å². The van der Waals surface area contributed by atoms with Crippen molar-refractivity contribution in [3.8, 4) is 0 Å². The van der Waals surface area contributed by atoms with E-state index in [1.165, 1.54) is 12.1 Å². The van der Waals surface area contributed by atoms with Crippen LogP contribution in [-0.4, -0.2) is 19.7 Å². The van der Waals surface area contributed by atoms with Gasteiger partial charge in [0, 0.05) is 29.2 Å². The summed E-state index contributed by atoms with van der Waals surface area (Å²) in [6.45, 7) is 1.63. The Morgan fingerprint density at radius 2 is 1.07 bits per heavy atom. The van der Waals surface area contributed by atoms with Crippen LogP contribution in [0.3, 0.4) is 0 Å². The molecule has 12 heteroatoms. The summed E-state index contributed by atoms with van der Waals surface area (Å²) in [7, 11) is 0. The molecule has 0 spiro atoms. The van der Waals surface area contributed by atoms with Gasteiger partial charge in [-0.25, -0.2) is 0 Å². The lowest BCUT2D eigenvalue weighted by Gasteiger charge is -2.16. The van der Waals surface area contributed by atoms with Crippen LogP contribution in [0.4, 0.5) is 22.7 Å². The molecule has 12 nitrogen and oxygen atoms in total. The molecule has 0 N–H and O–H groups in total. The molecule has 2 aromatic rings. The second kappa shape index (κ2) is 7.51. The zero-order chi connectivity index (χ0) is 20.3. The molecule has 0 saturated heterocycles. The lowest BCUT2D eigenvalue weighted by molar-refractivity contribution is -0.395. The fourth-order valence-electron chi connectivity index (χ4n) is 2.80. The van der Waals surface area contributed by atoms with Gasteiger partial charge in [-0.15, -0.1) is 0 Å². The van der Waals surface area contributed by atoms with Crippen molar-refractivity contribution in [3.05, 3.63) is 88.0 Å². The molecular formula is C15H12N4O8. The number of benzene rings is 2. The van der Waals surface area contributed by atoms with Gasteiger partial charge in [0.15, 0.2) is 0 Å². The summed E-state index contributed by atoms with van der Waals surface area (Å²) in [5.74, 6) is -0.854. The van der Waals surface area contributed by atoms with E-state index >= 15 is 0 Å². The van der Waals surface area contributed by atoms with Gasteiger partial charge in [0.1, 0.15) is 0 Å². The van der Waals surface area contributed by atoms with Crippen molar-refractivity contribution in [2.75, 3.05) is 0 Å². The van der Waals surface area contributed by atoms with Crippen LogP contribution in [0.1, 0.15) is 30.4 Å². The highest BCUT2D eigenvalue weighted by Gasteiger charge is 2.31. The third-order valence-electron chi connectivity index (χ3n) is 4.00. The SMILES string of the molecule is CCC(c1ccc([N+](=O)[O-])cc1[N+](=O)[O-])c1ccc([N+](=O)[O-])cc1[N+](=O)[O-]. The Kier molecular flexibility index (Phi) is 5.39. The highest BCUT2D eigenvalue weighted by atomic mass is 16.6. The lowest BCUT2D eigenvalue weighted by atomic mass is 9.86. The first-order chi connectivity index (χ1) is 12.7. The Morgan fingerprint density at radius 1 is 0.704 bits per heavy atom. The normalized spacial score (nSPS) is 10.6. The van der Waals surface area contributed by atoms with E-state index in [0.717, 1.165) is 24.3 Å². The lowest BCUT2D eigenvalue weighted by Crippen LogP contribution is -2.08. The predicted octanol–water partition coefficient (Wildman–Crippen LogP) is 3.86. The van der Waals surface area contributed by atoms with E-state index in [4.69, 9.17) is 0 Å². The van der Waals surface area contributed by atoms with Crippen LogP contribution in [0, 0.1) is 40.5 Å². The van der Waals surface area contributed by atoms with Gasteiger partial charge in [0.05, 0.1) is 31.8 Å². The molecule has 0 amide bonds. The summed E-state index contributed by atoms with van der Waals surface area (Å²) < 4.78 is 0. The van der Waals surface area contributed by atoms with Crippen LogP contribution in [0.2, 0.25) is 0 Å². The summed E-state index contributed by atoms with van der Waals surface area (Å²) in [5.41, 5.74) is -1.99. The van der Waals surface area contributed by atoms with Crippen molar-refractivity contribution in [2.24, 2.45) is 0 Å². The molecule has 0 aliphatic carbocycles. The number of nitrogens with zero attached hydrogens (tertiary/aromatic N) is 4. The van der Waals surface area contributed by atoms with E-state index in [1.807, 2.05) is 0 Å². The van der Waals surface area contributed by atoms with E-state index in [2.05, 4.69) is 0 Å². The van der Waals surface area contributed by atoms with Crippen LogP contribution in [0.15, 0.2) is 36.4 Å². The molecule has 0 fully saturated rings. The van der Waals surface area contributed by atoms with Gasteiger partial charge >= 0.3 is 0 Å². The molecule has 0 bridgehead atoms. The Bertz CT molecular complexity index is 883. The third-order valence-corrected chi connectivity index (χ3v) is 4.00. The Hall–Kier alpha value is -3.96. The van der Waals surface area contributed by atoms with Crippen LogP contribution in [-0.2, 0) is 0 Å². The van der Waals surface area contributed by atoms with E-state index in [9.17, 15) is 40.5 Å². The number of non-ortho nitro benzene ring substituents is 2. The van der Waals surface area contributed by atoms with Crippen LogP contribution in [0.25, 0.3) is 0 Å². The molecule has 0 saturated carbocycles. The number of nitro benzene ring substituents is 4. The molecule has 0 unspecified atom stereocenters. The van der Waals surface area contributed by atoms with E-state index in [0.29, 0.717) is 0 Å². The van der Waals surface area contributed by atoms with Crippen molar-refractivity contribution in [1.82, 2.24) is 0 Å². The highest BCUT2D eigenvalue weighted by Crippen LogP contribution is 2.40. The first-order valence-electron chi connectivity index (χ1n) is 7.52. The van der Waals surface area contributed by atoms with Crippen LogP contribution >= 0.6 is 0 Å². The molecular weight excluding hydrogens is 364 g/mol. The zero-order valence-corrected chi connectivity index (χ0v) is 13.8. The molecule has 2 aromatic carbocycles. The Labute approximate surface area is 150 Å². The quantitative estimate of drug-likeness (QED) is 0.517. The van der Waals surface area contributed by atoms with E-state index < -0.39 is 48.4 Å². The molecule has 140 valence electrons. The maximum atomic E-state index is 11.4. The summed E-state index contributed by atoms with van der Waals surface area (Å²) in [6, 6.07) is 6.07. The largest absolute Gasteiger partial charge is 0.280 e. The fourth-order valence-corrected chi connectivity index (χ4v) is 2.80. The van der Waals surface area contributed by atoms with Gasteiger partial charge in [-0.3, -0.25) is 40.5 Å². The predicted molar refractivity (Wildman–Crippen MR) is 91.6 cm³/mol. The summed E-state index contributed by atoms with van der Waals surface area (Å²) in [4.78, 5) is 41.3. The summed E-state index contributed by atoms with van der Waals surface area (Å²) >= 11 is 0. The first-order valence-corrected chi connectivity index (χ1v) is 7.52. The number of hydrogen-bond donors (Lipinski definition) is 0.